The minimum Gasteiger partial charge on any atom is -0.497 e. The zero-order valence-corrected chi connectivity index (χ0v) is 11.6. The first-order valence-electron chi connectivity index (χ1n) is 6.74. The fraction of sp³-hybridized carbons (Fsp3) is 0.533. The maximum Gasteiger partial charge on any atom is 0.224 e. The van der Waals surface area contributed by atoms with Gasteiger partial charge in [-0.25, -0.2) is 0 Å². The fourth-order valence-corrected chi connectivity index (χ4v) is 2.57. The van der Waals surface area contributed by atoms with E-state index in [-0.39, 0.29) is 5.91 Å². The van der Waals surface area contributed by atoms with Crippen LogP contribution >= 0.6 is 0 Å². The normalized spacial score (nSPS) is 15.3. The summed E-state index contributed by atoms with van der Waals surface area (Å²) in [6.07, 6.45) is 5.47. The van der Waals surface area contributed by atoms with E-state index < -0.39 is 0 Å². The molecule has 0 atom stereocenters. The van der Waals surface area contributed by atoms with Crippen molar-refractivity contribution in [3.8, 4) is 11.5 Å². The second kappa shape index (κ2) is 6.45. The molecule has 2 rings (SSSR count). The zero-order valence-electron chi connectivity index (χ0n) is 11.6. The number of methoxy groups -OCH3 is 2. The van der Waals surface area contributed by atoms with Gasteiger partial charge in [0.15, 0.2) is 0 Å². The maximum atomic E-state index is 12.0. The summed E-state index contributed by atoms with van der Waals surface area (Å²) in [5, 5.41) is 2.92. The molecule has 1 aliphatic carbocycles. The third kappa shape index (κ3) is 3.88. The Hall–Kier alpha value is -1.71. The van der Waals surface area contributed by atoms with Gasteiger partial charge in [0.1, 0.15) is 11.5 Å². The number of hydrogen-bond acceptors (Lipinski definition) is 3. The van der Waals surface area contributed by atoms with Crippen LogP contribution in [0.2, 0.25) is 0 Å². The molecule has 4 heteroatoms. The standard InChI is InChI=1S/C15H21NO3/c1-18-13-8-12(9-14(10-13)19-2)16-15(17)7-11-5-3-4-6-11/h8-11H,3-7H2,1-2H3,(H,16,17). The molecule has 1 aliphatic rings. The first kappa shape index (κ1) is 13.7. The summed E-state index contributed by atoms with van der Waals surface area (Å²) in [5.74, 6) is 1.97. The SMILES string of the molecule is COc1cc(NC(=O)CC2CCCC2)cc(OC)c1. The third-order valence-electron chi connectivity index (χ3n) is 3.58. The van der Waals surface area contributed by atoms with Crippen molar-refractivity contribution in [2.45, 2.75) is 32.1 Å². The van der Waals surface area contributed by atoms with Gasteiger partial charge >= 0.3 is 0 Å². The van der Waals surface area contributed by atoms with E-state index >= 15 is 0 Å². The van der Waals surface area contributed by atoms with Gasteiger partial charge in [0.25, 0.3) is 0 Å². The Labute approximate surface area is 114 Å². The highest BCUT2D eigenvalue weighted by molar-refractivity contribution is 5.91. The lowest BCUT2D eigenvalue weighted by Gasteiger charge is -2.12. The van der Waals surface area contributed by atoms with Gasteiger partial charge in [0, 0.05) is 30.3 Å². The van der Waals surface area contributed by atoms with E-state index in [4.69, 9.17) is 9.47 Å². The molecule has 0 spiro atoms. The van der Waals surface area contributed by atoms with Gasteiger partial charge in [-0.2, -0.15) is 0 Å². The molecule has 0 heterocycles. The number of amides is 1. The van der Waals surface area contributed by atoms with Gasteiger partial charge in [-0.05, 0) is 18.8 Å². The van der Waals surface area contributed by atoms with Crippen molar-refractivity contribution in [2.24, 2.45) is 5.92 Å². The first-order chi connectivity index (χ1) is 9.21. The Morgan fingerprint density at radius 2 is 1.74 bits per heavy atom. The molecule has 0 saturated heterocycles. The van der Waals surface area contributed by atoms with E-state index in [1.54, 1.807) is 32.4 Å². The quantitative estimate of drug-likeness (QED) is 0.887. The number of nitrogens with one attached hydrogen (secondary N) is 1. The largest absolute Gasteiger partial charge is 0.497 e. The summed E-state index contributed by atoms with van der Waals surface area (Å²) in [7, 11) is 3.19. The summed E-state index contributed by atoms with van der Waals surface area (Å²) < 4.78 is 10.4. The molecule has 0 radical (unpaired) electrons. The topological polar surface area (TPSA) is 47.6 Å². The minimum atomic E-state index is 0.0715. The van der Waals surface area contributed by atoms with Gasteiger partial charge in [-0.3, -0.25) is 4.79 Å². The number of rotatable bonds is 5. The summed E-state index contributed by atoms with van der Waals surface area (Å²) in [5.41, 5.74) is 0.721. The highest BCUT2D eigenvalue weighted by atomic mass is 16.5. The van der Waals surface area contributed by atoms with Crippen LogP contribution in [0.25, 0.3) is 0 Å². The molecule has 1 aromatic rings. The average Bonchev–Trinajstić information content (AvgIpc) is 2.90. The van der Waals surface area contributed by atoms with Crippen molar-refractivity contribution in [2.75, 3.05) is 19.5 Å². The highest BCUT2D eigenvalue weighted by Gasteiger charge is 2.18. The van der Waals surface area contributed by atoms with Gasteiger partial charge in [0.05, 0.1) is 14.2 Å². The molecule has 1 saturated carbocycles. The lowest BCUT2D eigenvalue weighted by molar-refractivity contribution is -0.117. The molecule has 1 amide bonds. The predicted octanol–water partition coefficient (Wildman–Crippen LogP) is 3.22. The molecule has 0 aromatic heterocycles. The van der Waals surface area contributed by atoms with E-state index in [0.717, 1.165) is 5.69 Å². The van der Waals surface area contributed by atoms with Crippen molar-refractivity contribution < 1.29 is 14.3 Å². The molecule has 19 heavy (non-hydrogen) atoms. The van der Waals surface area contributed by atoms with Gasteiger partial charge in [-0.15, -0.1) is 0 Å². The average molecular weight is 263 g/mol. The maximum absolute atomic E-state index is 12.0. The van der Waals surface area contributed by atoms with Crippen molar-refractivity contribution >= 4 is 11.6 Å². The van der Waals surface area contributed by atoms with Gasteiger partial charge in [-0.1, -0.05) is 12.8 Å². The van der Waals surface area contributed by atoms with E-state index in [9.17, 15) is 4.79 Å². The molecular formula is C15H21NO3. The Balaban J connectivity index is 1.98. The molecule has 104 valence electrons. The van der Waals surface area contributed by atoms with Crippen LogP contribution in [-0.4, -0.2) is 20.1 Å². The predicted molar refractivity (Wildman–Crippen MR) is 74.8 cm³/mol. The fourth-order valence-electron chi connectivity index (χ4n) is 2.57. The lowest BCUT2D eigenvalue weighted by Crippen LogP contribution is -2.15. The Kier molecular flexibility index (Phi) is 4.66. The molecule has 4 nitrogen and oxygen atoms in total. The van der Waals surface area contributed by atoms with Crippen molar-refractivity contribution in [1.29, 1.82) is 0 Å². The van der Waals surface area contributed by atoms with E-state index in [1.807, 2.05) is 0 Å². The molecule has 1 N–H and O–H groups in total. The summed E-state index contributed by atoms with van der Waals surface area (Å²) in [4.78, 5) is 12.0. The molecule has 1 fully saturated rings. The van der Waals surface area contributed by atoms with Crippen LogP contribution in [-0.2, 0) is 4.79 Å². The summed E-state index contributed by atoms with van der Waals surface area (Å²) >= 11 is 0. The summed E-state index contributed by atoms with van der Waals surface area (Å²) in [6.45, 7) is 0. The van der Waals surface area contributed by atoms with Crippen LogP contribution < -0.4 is 14.8 Å². The van der Waals surface area contributed by atoms with E-state index in [0.29, 0.717) is 23.8 Å². The molecule has 0 bridgehead atoms. The van der Waals surface area contributed by atoms with E-state index in [1.165, 1.54) is 25.7 Å². The minimum absolute atomic E-state index is 0.0715. The molecular weight excluding hydrogens is 242 g/mol. The Morgan fingerprint density at radius 3 is 2.26 bits per heavy atom. The first-order valence-corrected chi connectivity index (χ1v) is 6.74. The number of hydrogen-bond donors (Lipinski definition) is 1. The monoisotopic (exact) mass is 263 g/mol. The van der Waals surface area contributed by atoms with Crippen LogP contribution in [0.4, 0.5) is 5.69 Å². The van der Waals surface area contributed by atoms with Crippen LogP contribution in [0.3, 0.4) is 0 Å². The van der Waals surface area contributed by atoms with E-state index in [2.05, 4.69) is 5.32 Å². The second-order valence-corrected chi connectivity index (χ2v) is 5.00. The smallest absolute Gasteiger partial charge is 0.224 e. The third-order valence-corrected chi connectivity index (χ3v) is 3.58. The lowest BCUT2D eigenvalue weighted by atomic mass is 10.0. The van der Waals surface area contributed by atoms with Crippen molar-refractivity contribution in [3.63, 3.8) is 0 Å². The molecule has 0 aliphatic heterocycles. The Morgan fingerprint density at radius 1 is 1.16 bits per heavy atom. The van der Waals surface area contributed by atoms with Crippen LogP contribution in [0, 0.1) is 5.92 Å². The zero-order chi connectivity index (χ0) is 13.7. The number of anilines is 1. The molecule has 0 unspecified atom stereocenters. The number of ether oxygens (including phenoxy) is 2. The van der Waals surface area contributed by atoms with Crippen LogP contribution in [0.1, 0.15) is 32.1 Å². The second-order valence-electron chi connectivity index (χ2n) is 5.00. The van der Waals surface area contributed by atoms with Crippen LogP contribution in [0.15, 0.2) is 18.2 Å². The molecule has 1 aromatic carbocycles. The summed E-state index contributed by atoms with van der Waals surface area (Å²) in [6, 6.07) is 5.39. The number of carbonyl (C=O) groups excluding carboxylic acids is 1. The van der Waals surface area contributed by atoms with Crippen molar-refractivity contribution in [1.82, 2.24) is 0 Å². The van der Waals surface area contributed by atoms with Crippen LogP contribution in [0.5, 0.6) is 11.5 Å². The highest BCUT2D eigenvalue weighted by Crippen LogP contribution is 2.29. The van der Waals surface area contributed by atoms with Crippen molar-refractivity contribution in [3.05, 3.63) is 18.2 Å². The number of benzene rings is 1. The number of carbonyl (C=O) groups is 1. The Bertz CT molecular complexity index is 417. The van der Waals surface area contributed by atoms with Gasteiger partial charge in [0.2, 0.25) is 5.91 Å². The van der Waals surface area contributed by atoms with Gasteiger partial charge < -0.3 is 14.8 Å².